The lowest BCUT2D eigenvalue weighted by Crippen LogP contribution is -2.64. The molecule has 1 fully saturated rings. The van der Waals surface area contributed by atoms with Crippen LogP contribution < -0.4 is 20.2 Å². The minimum absolute atomic E-state index is 0.217. The summed E-state index contributed by atoms with van der Waals surface area (Å²) in [6, 6.07) is 15.6. The van der Waals surface area contributed by atoms with Gasteiger partial charge in [0.15, 0.2) is 5.78 Å². The Bertz CT molecular complexity index is 803. The zero-order chi connectivity index (χ0) is 18.5. The van der Waals surface area contributed by atoms with Crippen LogP contribution in [0.3, 0.4) is 0 Å². The molecule has 0 aromatic heterocycles. The molecule has 0 saturated carbocycles. The molecule has 1 saturated heterocycles. The Hall–Kier alpha value is -2.07. The first-order valence-electron chi connectivity index (χ1n) is 9.62. The minimum Gasteiger partial charge on any atom is -0.378 e. The number of carbonyl (C=O) groups excluding carboxylic acids is 1. The van der Waals surface area contributed by atoms with Gasteiger partial charge >= 0.3 is 0 Å². The van der Waals surface area contributed by atoms with Crippen molar-refractivity contribution >= 4 is 35.6 Å². The van der Waals surface area contributed by atoms with E-state index in [0.717, 1.165) is 11.1 Å². The van der Waals surface area contributed by atoms with Gasteiger partial charge in [-0.3, -0.25) is 4.79 Å². The van der Waals surface area contributed by atoms with Crippen LogP contribution in [0.1, 0.15) is 35.2 Å². The van der Waals surface area contributed by atoms with Crippen molar-refractivity contribution in [3.8, 4) is 0 Å². The quantitative estimate of drug-likeness (QED) is 0.765. The van der Waals surface area contributed by atoms with E-state index in [0.29, 0.717) is 0 Å². The van der Waals surface area contributed by atoms with Crippen molar-refractivity contribution < 1.29 is 4.79 Å². The summed E-state index contributed by atoms with van der Waals surface area (Å²) in [5.41, 5.74) is 4.35. The van der Waals surface area contributed by atoms with E-state index in [-0.39, 0.29) is 5.78 Å². The van der Waals surface area contributed by atoms with Crippen LogP contribution >= 0.6 is 0 Å². The monoisotopic (exact) mass is 364 g/mol. The second kappa shape index (κ2) is 6.27. The number of anilines is 2. The fraction of sp³-hybridized carbons (Fsp3) is 0.409. The van der Waals surface area contributed by atoms with Gasteiger partial charge in [0, 0.05) is 50.7 Å². The van der Waals surface area contributed by atoms with Gasteiger partial charge < -0.3 is 9.80 Å². The lowest BCUT2D eigenvalue weighted by Gasteiger charge is -2.42. The highest BCUT2D eigenvalue weighted by Crippen LogP contribution is 2.35. The molecule has 0 atom stereocenters. The molecule has 2 aliphatic heterocycles. The maximum Gasteiger partial charge on any atom is 0.192 e. The number of nitrogens with zero attached hydrogens (tertiary/aromatic N) is 2. The van der Waals surface area contributed by atoms with Crippen LogP contribution in [0.5, 0.6) is 0 Å². The van der Waals surface area contributed by atoms with E-state index in [1.54, 1.807) is 0 Å². The van der Waals surface area contributed by atoms with E-state index >= 15 is 0 Å². The van der Waals surface area contributed by atoms with Crippen LogP contribution in [-0.2, 0) is 0 Å². The topological polar surface area (TPSA) is 23.6 Å². The number of benzene rings is 2. The average molecular weight is 365 g/mol. The van der Waals surface area contributed by atoms with Crippen LogP contribution in [0.2, 0.25) is 12.1 Å². The van der Waals surface area contributed by atoms with Gasteiger partial charge in [0.2, 0.25) is 0 Å². The molecule has 4 rings (SSSR count). The fourth-order valence-electron chi connectivity index (χ4n) is 4.79. The van der Waals surface area contributed by atoms with E-state index in [1.165, 1.54) is 53.1 Å². The Kier molecular flexibility index (Phi) is 4.18. The second-order valence-electron chi connectivity index (χ2n) is 8.22. The predicted octanol–water partition coefficient (Wildman–Crippen LogP) is 3.11. The van der Waals surface area contributed by atoms with Gasteiger partial charge in [-0.1, -0.05) is 19.3 Å². The van der Waals surface area contributed by atoms with Crippen LogP contribution in [-0.4, -0.2) is 42.0 Å². The first-order chi connectivity index (χ1) is 12.4. The third-order valence-electron chi connectivity index (χ3n) is 6.27. The molecule has 2 heterocycles. The van der Waals surface area contributed by atoms with E-state index < -0.39 is 8.07 Å². The zero-order valence-electron chi connectivity index (χ0n) is 16.3. The van der Waals surface area contributed by atoms with Crippen molar-refractivity contribution in [3.63, 3.8) is 0 Å². The normalized spacial score (nSPS) is 17.6. The summed E-state index contributed by atoms with van der Waals surface area (Å²) in [7, 11) is 6.45. The van der Waals surface area contributed by atoms with Crippen molar-refractivity contribution in [3.05, 3.63) is 47.5 Å². The molecule has 0 N–H and O–H groups in total. The Labute approximate surface area is 157 Å². The average Bonchev–Trinajstić information content (AvgIpc) is 2.66. The van der Waals surface area contributed by atoms with E-state index in [9.17, 15) is 4.79 Å². The molecule has 4 heteroatoms. The van der Waals surface area contributed by atoms with Crippen LogP contribution in [0, 0.1) is 0 Å². The molecular formula is C22H28N2OSi. The van der Waals surface area contributed by atoms with Crippen molar-refractivity contribution in [2.24, 2.45) is 0 Å². The van der Waals surface area contributed by atoms with Crippen LogP contribution in [0.4, 0.5) is 11.4 Å². The minimum atomic E-state index is -1.88. The van der Waals surface area contributed by atoms with Crippen molar-refractivity contribution in [2.45, 2.75) is 31.4 Å². The van der Waals surface area contributed by atoms with Gasteiger partial charge in [0.05, 0.1) is 0 Å². The van der Waals surface area contributed by atoms with Crippen molar-refractivity contribution in [1.82, 2.24) is 0 Å². The largest absolute Gasteiger partial charge is 0.378 e. The maximum absolute atomic E-state index is 13.3. The molecule has 0 unspecified atom stereocenters. The van der Waals surface area contributed by atoms with Gasteiger partial charge in [-0.25, -0.2) is 0 Å². The molecule has 2 aliphatic rings. The van der Waals surface area contributed by atoms with Crippen LogP contribution in [0.25, 0.3) is 0 Å². The molecule has 26 heavy (non-hydrogen) atoms. The third kappa shape index (κ3) is 2.50. The molecule has 1 spiro atoms. The first-order valence-corrected chi connectivity index (χ1v) is 12.0. The second-order valence-corrected chi connectivity index (χ2v) is 12.5. The highest BCUT2D eigenvalue weighted by atomic mass is 28.3. The van der Waals surface area contributed by atoms with Gasteiger partial charge in [0.1, 0.15) is 8.07 Å². The predicted molar refractivity (Wildman–Crippen MR) is 113 cm³/mol. The van der Waals surface area contributed by atoms with Crippen LogP contribution in [0.15, 0.2) is 36.4 Å². The standard InChI is InChI=1S/C22H28N2OSi/c1-23(2)16-8-10-18-20(14-16)26(12-6-5-7-13-26)21-15-17(24(3)4)9-11-19(21)22(18)25/h8-11,14-15H,5-7,12-13H2,1-4H3. The molecule has 2 aromatic carbocycles. The molecule has 0 radical (unpaired) electrons. The van der Waals surface area contributed by atoms with Crippen molar-refractivity contribution in [1.29, 1.82) is 0 Å². The number of carbonyl (C=O) groups is 1. The number of rotatable bonds is 2. The summed E-state index contributed by atoms with van der Waals surface area (Å²) in [5, 5.41) is 2.77. The Morgan fingerprint density at radius 1 is 0.731 bits per heavy atom. The lowest BCUT2D eigenvalue weighted by atomic mass is 10.0. The zero-order valence-corrected chi connectivity index (χ0v) is 17.3. The summed E-state index contributed by atoms with van der Waals surface area (Å²) in [6.45, 7) is 0. The Morgan fingerprint density at radius 3 is 1.62 bits per heavy atom. The summed E-state index contributed by atoms with van der Waals surface area (Å²) < 4.78 is 0. The van der Waals surface area contributed by atoms with Gasteiger partial charge in [-0.05, 0) is 58.9 Å². The molecular weight excluding hydrogens is 336 g/mol. The highest BCUT2D eigenvalue weighted by Gasteiger charge is 2.46. The summed E-state index contributed by atoms with van der Waals surface area (Å²) in [5.74, 6) is 0.217. The van der Waals surface area contributed by atoms with Crippen molar-refractivity contribution in [2.75, 3.05) is 38.0 Å². The lowest BCUT2D eigenvalue weighted by molar-refractivity contribution is 0.104. The summed E-state index contributed by atoms with van der Waals surface area (Å²) >= 11 is 0. The van der Waals surface area contributed by atoms with E-state index in [4.69, 9.17) is 0 Å². The molecule has 136 valence electrons. The number of hydrogen-bond donors (Lipinski definition) is 0. The molecule has 0 bridgehead atoms. The molecule has 0 aliphatic carbocycles. The smallest absolute Gasteiger partial charge is 0.192 e. The van der Waals surface area contributed by atoms with Gasteiger partial charge in [-0.2, -0.15) is 0 Å². The third-order valence-corrected chi connectivity index (χ3v) is 11.6. The molecule has 2 aromatic rings. The van der Waals surface area contributed by atoms with Gasteiger partial charge in [0.25, 0.3) is 0 Å². The number of fused-ring (bicyclic) bond motifs is 4. The highest BCUT2D eigenvalue weighted by molar-refractivity contribution is 7.04. The molecule has 0 amide bonds. The maximum atomic E-state index is 13.3. The number of hydrogen-bond acceptors (Lipinski definition) is 3. The van der Waals surface area contributed by atoms with Gasteiger partial charge in [-0.15, -0.1) is 0 Å². The Morgan fingerprint density at radius 2 is 1.19 bits per heavy atom. The summed E-state index contributed by atoms with van der Waals surface area (Å²) in [6.07, 6.45) is 3.91. The Balaban J connectivity index is 2.00. The first kappa shape index (κ1) is 17.3. The SMILES string of the molecule is CN(C)c1ccc2c(c1)[Si]1(CCCCC1)c1cc(N(C)C)ccc1C2=O. The molecule has 3 nitrogen and oxygen atoms in total. The summed E-state index contributed by atoms with van der Waals surface area (Å²) in [4.78, 5) is 17.6. The van der Waals surface area contributed by atoms with E-state index in [2.05, 4.69) is 74.4 Å². The fourth-order valence-corrected chi connectivity index (χ4v) is 10.4. The van der Waals surface area contributed by atoms with E-state index in [1.807, 2.05) is 0 Å². The number of ketones is 1.